The summed E-state index contributed by atoms with van der Waals surface area (Å²) in [6, 6.07) is 7.84. The van der Waals surface area contributed by atoms with Crippen molar-refractivity contribution in [3.8, 4) is 0 Å². The summed E-state index contributed by atoms with van der Waals surface area (Å²) in [4.78, 5) is 45.7. The van der Waals surface area contributed by atoms with Crippen molar-refractivity contribution < 1.29 is 32.3 Å². The normalized spacial score (nSPS) is 19.8. The fourth-order valence-corrected chi connectivity index (χ4v) is 4.85. The van der Waals surface area contributed by atoms with Gasteiger partial charge in [-0.15, -0.1) is 0 Å². The van der Waals surface area contributed by atoms with E-state index in [0.29, 0.717) is 44.7 Å². The first-order valence-electron chi connectivity index (χ1n) is 11.3. The highest BCUT2D eigenvalue weighted by Gasteiger charge is 2.65. The maximum Gasteiger partial charge on any atom is 0.446 e. The molecule has 2 saturated heterocycles. The van der Waals surface area contributed by atoms with Crippen LogP contribution in [0.5, 0.6) is 0 Å². The molecule has 4 amide bonds. The lowest BCUT2D eigenvalue weighted by Gasteiger charge is -2.26. The third-order valence-corrected chi connectivity index (χ3v) is 7.00. The Morgan fingerprint density at radius 2 is 1.81 bits per heavy atom. The summed E-state index contributed by atoms with van der Waals surface area (Å²) in [6.45, 7) is 2.24. The minimum absolute atomic E-state index is 0.0389. The van der Waals surface area contributed by atoms with Crippen LogP contribution in [0.25, 0.3) is 0 Å². The number of morpholine rings is 1. The van der Waals surface area contributed by atoms with Gasteiger partial charge in [-0.25, -0.2) is 14.7 Å². The number of benzene rings is 1. The van der Waals surface area contributed by atoms with Crippen LogP contribution in [0, 0.1) is 0 Å². The molecule has 0 atom stereocenters. The van der Waals surface area contributed by atoms with Crippen LogP contribution in [0.4, 0.5) is 23.7 Å². The molecule has 0 bridgehead atoms. The Morgan fingerprint density at radius 1 is 1.11 bits per heavy atom. The number of urea groups is 1. The standard InChI is InChI=1S/C23H22F3N5O4S/c24-23(25,26)36-17-3-1-16(2-4-17)31-20(33)22(6-7-22)30(21(31)34)14-15-5-8-27-18(13-15)19(32)28-29-9-11-35-12-10-29/h1-5,8,13H,6-7,9-12,14H2,(H,28,32). The summed E-state index contributed by atoms with van der Waals surface area (Å²) < 4.78 is 43.2. The molecule has 13 heteroatoms. The van der Waals surface area contributed by atoms with Crippen LogP contribution in [0.3, 0.4) is 0 Å². The predicted octanol–water partition coefficient (Wildman–Crippen LogP) is 3.17. The molecular formula is C23H22F3N5O4S. The largest absolute Gasteiger partial charge is 0.446 e. The number of aromatic nitrogens is 1. The highest BCUT2D eigenvalue weighted by Crippen LogP contribution is 2.50. The number of ether oxygens (including phenoxy) is 1. The molecule has 2 aromatic rings. The van der Waals surface area contributed by atoms with E-state index < -0.39 is 23.0 Å². The van der Waals surface area contributed by atoms with Crippen molar-refractivity contribution in [2.24, 2.45) is 0 Å². The number of hydrogen-bond acceptors (Lipinski definition) is 7. The van der Waals surface area contributed by atoms with Crippen molar-refractivity contribution in [1.29, 1.82) is 0 Å². The fourth-order valence-electron chi connectivity index (χ4n) is 4.32. The minimum Gasteiger partial charge on any atom is -0.379 e. The third kappa shape index (κ3) is 4.90. The van der Waals surface area contributed by atoms with Crippen LogP contribution in [0.15, 0.2) is 47.5 Å². The second-order valence-corrected chi connectivity index (χ2v) is 9.81. The number of halogens is 3. The van der Waals surface area contributed by atoms with Crippen LogP contribution in [-0.4, -0.2) is 70.1 Å². The highest BCUT2D eigenvalue weighted by molar-refractivity contribution is 8.00. The van der Waals surface area contributed by atoms with Gasteiger partial charge in [-0.05, 0) is 66.6 Å². The number of rotatable bonds is 6. The Morgan fingerprint density at radius 3 is 2.44 bits per heavy atom. The van der Waals surface area contributed by atoms with Gasteiger partial charge >= 0.3 is 11.5 Å². The van der Waals surface area contributed by atoms with E-state index in [2.05, 4.69) is 10.4 Å². The van der Waals surface area contributed by atoms with E-state index >= 15 is 0 Å². The maximum absolute atomic E-state index is 13.3. The van der Waals surface area contributed by atoms with E-state index in [1.165, 1.54) is 35.4 Å². The Bertz CT molecular complexity index is 1180. The molecular weight excluding hydrogens is 499 g/mol. The Kier molecular flexibility index (Phi) is 6.39. The van der Waals surface area contributed by atoms with Crippen molar-refractivity contribution in [2.75, 3.05) is 31.2 Å². The molecule has 1 aliphatic carbocycles. The summed E-state index contributed by atoms with van der Waals surface area (Å²) in [6.07, 6.45) is 2.46. The van der Waals surface area contributed by atoms with E-state index in [4.69, 9.17) is 4.74 Å². The first-order valence-corrected chi connectivity index (χ1v) is 12.1. The molecule has 1 spiro atoms. The second-order valence-electron chi connectivity index (χ2n) is 8.67. The van der Waals surface area contributed by atoms with Crippen molar-refractivity contribution >= 4 is 35.3 Å². The van der Waals surface area contributed by atoms with Gasteiger partial charge in [0.1, 0.15) is 11.2 Å². The van der Waals surface area contributed by atoms with Gasteiger partial charge in [-0.1, -0.05) is 0 Å². The number of carbonyl (C=O) groups excluding carboxylic acids is 3. The first kappa shape index (κ1) is 24.5. The van der Waals surface area contributed by atoms with Crippen LogP contribution in [0.1, 0.15) is 28.9 Å². The lowest BCUT2D eigenvalue weighted by atomic mass is 10.1. The molecule has 2 aliphatic heterocycles. The second kappa shape index (κ2) is 9.37. The first-order chi connectivity index (χ1) is 17.2. The van der Waals surface area contributed by atoms with Crippen molar-refractivity contribution in [3.05, 3.63) is 53.9 Å². The number of carbonyl (C=O) groups is 3. The number of thioether (sulfide) groups is 1. The molecule has 0 unspecified atom stereocenters. The van der Waals surface area contributed by atoms with E-state index in [1.807, 2.05) is 0 Å². The molecule has 1 aromatic heterocycles. The lowest BCUT2D eigenvalue weighted by molar-refractivity contribution is -0.120. The van der Waals surface area contributed by atoms with Crippen molar-refractivity contribution in [1.82, 2.24) is 20.3 Å². The van der Waals surface area contributed by atoms with Gasteiger partial charge in [-0.3, -0.25) is 20.0 Å². The van der Waals surface area contributed by atoms with E-state index in [-0.39, 0.29) is 40.5 Å². The van der Waals surface area contributed by atoms with Gasteiger partial charge in [0.2, 0.25) is 0 Å². The number of nitrogens with zero attached hydrogens (tertiary/aromatic N) is 4. The molecule has 1 saturated carbocycles. The van der Waals surface area contributed by atoms with Crippen LogP contribution in [0.2, 0.25) is 0 Å². The summed E-state index contributed by atoms with van der Waals surface area (Å²) in [5.41, 5.74) is -1.61. The quantitative estimate of drug-likeness (QED) is 0.461. The zero-order valence-electron chi connectivity index (χ0n) is 19.0. The zero-order valence-corrected chi connectivity index (χ0v) is 19.8. The zero-order chi connectivity index (χ0) is 25.5. The van der Waals surface area contributed by atoms with E-state index in [1.54, 1.807) is 17.1 Å². The molecule has 3 aliphatic rings. The van der Waals surface area contributed by atoms with Gasteiger partial charge in [-0.2, -0.15) is 13.2 Å². The number of hydrazine groups is 1. The van der Waals surface area contributed by atoms with Gasteiger partial charge in [0.15, 0.2) is 0 Å². The van der Waals surface area contributed by atoms with E-state index in [0.717, 1.165) is 4.90 Å². The van der Waals surface area contributed by atoms with Gasteiger partial charge < -0.3 is 9.64 Å². The summed E-state index contributed by atoms with van der Waals surface area (Å²) in [5, 5.41) is 1.75. The molecule has 5 rings (SSSR count). The number of imide groups is 1. The SMILES string of the molecule is O=C(NN1CCOCC1)c1cc(CN2C(=O)N(c3ccc(SC(F)(F)F)cc3)C(=O)C23CC3)ccn1. The minimum atomic E-state index is -4.43. The monoisotopic (exact) mass is 521 g/mol. The molecule has 0 radical (unpaired) electrons. The van der Waals surface area contributed by atoms with Crippen LogP contribution >= 0.6 is 11.8 Å². The Hall–Kier alpha value is -3.16. The smallest absolute Gasteiger partial charge is 0.379 e. The van der Waals surface area contributed by atoms with Gasteiger partial charge in [0, 0.05) is 30.7 Å². The number of amides is 4. The molecule has 1 N–H and O–H groups in total. The average Bonchev–Trinajstić information content (AvgIpc) is 3.62. The molecule has 9 nitrogen and oxygen atoms in total. The fraction of sp³-hybridized carbons (Fsp3) is 0.391. The third-order valence-electron chi connectivity index (χ3n) is 6.26. The molecule has 3 fully saturated rings. The molecule has 190 valence electrons. The van der Waals surface area contributed by atoms with Crippen molar-refractivity contribution in [2.45, 2.75) is 35.3 Å². The Labute approximate surface area is 208 Å². The molecule has 3 heterocycles. The highest BCUT2D eigenvalue weighted by atomic mass is 32.2. The lowest BCUT2D eigenvalue weighted by Crippen LogP contribution is -2.48. The number of nitrogens with one attached hydrogen (secondary N) is 1. The number of alkyl halides is 3. The maximum atomic E-state index is 13.3. The average molecular weight is 522 g/mol. The van der Waals surface area contributed by atoms with Crippen LogP contribution in [-0.2, 0) is 16.1 Å². The van der Waals surface area contributed by atoms with Gasteiger partial charge in [0.05, 0.1) is 18.9 Å². The van der Waals surface area contributed by atoms with E-state index in [9.17, 15) is 27.6 Å². The predicted molar refractivity (Wildman–Crippen MR) is 123 cm³/mol. The number of anilines is 1. The van der Waals surface area contributed by atoms with Crippen molar-refractivity contribution in [3.63, 3.8) is 0 Å². The Balaban J connectivity index is 1.31. The molecule has 36 heavy (non-hydrogen) atoms. The van der Waals surface area contributed by atoms with Gasteiger partial charge in [0.25, 0.3) is 11.8 Å². The van der Waals surface area contributed by atoms with Crippen LogP contribution < -0.4 is 10.3 Å². The summed E-state index contributed by atoms with van der Waals surface area (Å²) in [5.74, 6) is -0.787. The number of pyridine rings is 1. The summed E-state index contributed by atoms with van der Waals surface area (Å²) >= 11 is -0.264. The summed E-state index contributed by atoms with van der Waals surface area (Å²) in [7, 11) is 0. The molecule has 1 aromatic carbocycles. The number of hydrogen-bond donors (Lipinski definition) is 1. The topological polar surface area (TPSA) is 95.1 Å².